The van der Waals surface area contributed by atoms with Gasteiger partial charge in [0.25, 0.3) is 5.22 Å². The molecule has 1 aromatic carbocycles. The predicted octanol–water partition coefficient (Wildman–Crippen LogP) is 3.98. The largest absolute Gasteiger partial charge is 0.508 e. The summed E-state index contributed by atoms with van der Waals surface area (Å²) in [6, 6.07) is 8.65. The molecule has 0 atom stereocenters. The van der Waals surface area contributed by atoms with Crippen molar-refractivity contribution in [3.63, 3.8) is 0 Å². The van der Waals surface area contributed by atoms with Gasteiger partial charge >= 0.3 is 0 Å². The van der Waals surface area contributed by atoms with Gasteiger partial charge in [0.15, 0.2) is 0 Å². The number of aryl methyl sites for hydroxylation is 1. The van der Waals surface area contributed by atoms with Gasteiger partial charge in [0.05, 0.1) is 11.3 Å². The molecule has 9 heteroatoms. The third kappa shape index (κ3) is 3.88. The number of nitriles is 1. The Bertz CT molecular complexity index is 1050. The predicted molar refractivity (Wildman–Crippen MR) is 106 cm³/mol. The molecule has 28 heavy (non-hydrogen) atoms. The van der Waals surface area contributed by atoms with Gasteiger partial charge in [-0.1, -0.05) is 11.8 Å². The average molecular weight is 412 g/mol. The van der Waals surface area contributed by atoms with Crippen LogP contribution in [-0.4, -0.2) is 27.0 Å². The number of anilines is 1. The van der Waals surface area contributed by atoms with Crippen LogP contribution in [-0.2, 0) is 17.6 Å². The summed E-state index contributed by atoms with van der Waals surface area (Å²) < 4.78 is 5.55. The zero-order valence-electron chi connectivity index (χ0n) is 14.8. The minimum atomic E-state index is -0.218. The van der Waals surface area contributed by atoms with E-state index >= 15 is 0 Å². The summed E-state index contributed by atoms with van der Waals surface area (Å²) in [6.07, 6.45) is 4.09. The van der Waals surface area contributed by atoms with Gasteiger partial charge in [-0.05, 0) is 55.5 Å². The second kappa shape index (κ2) is 8.04. The molecule has 0 spiro atoms. The second-order valence-corrected chi connectivity index (χ2v) is 8.32. The molecule has 0 radical (unpaired) electrons. The van der Waals surface area contributed by atoms with Crippen molar-refractivity contribution in [1.82, 2.24) is 10.2 Å². The highest BCUT2D eigenvalue weighted by Gasteiger charge is 2.22. The van der Waals surface area contributed by atoms with Crippen molar-refractivity contribution < 1.29 is 14.3 Å². The molecule has 2 heterocycles. The van der Waals surface area contributed by atoms with E-state index in [0.29, 0.717) is 22.0 Å². The zero-order valence-corrected chi connectivity index (χ0v) is 16.4. The van der Waals surface area contributed by atoms with Crippen LogP contribution in [0, 0.1) is 11.3 Å². The lowest BCUT2D eigenvalue weighted by molar-refractivity contribution is -0.113. The number of nitrogens with zero attached hydrogens (tertiary/aromatic N) is 3. The zero-order chi connectivity index (χ0) is 19.5. The van der Waals surface area contributed by atoms with Crippen LogP contribution in [0.2, 0.25) is 0 Å². The van der Waals surface area contributed by atoms with E-state index in [4.69, 9.17) is 4.42 Å². The standard InChI is InChI=1S/C19H16N4O3S2/c20-9-14-13-3-1-2-4-15(13)28-18(14)21-16(25)10-27-19-23-22-17(26-19)11-5-7-12(24)8-6-11/h5-8,24H,1-4,10H2,(H,21,25). The molecule has 7 nitrogen and oxygen atoms in total. The molecule has 0 aliphatic heterocycles. The number of hydrogen-bond donors (Lipinski definition) is 2. The normalized spacial score (nSPS) is 13.0. The first-order valence-corrected chi connectivity index (χ1v) is 10.5. The summed E-state index contributed by atoms with van der Waals surface area (Å²) in [6.45, 7) is 0. The minimum absolute atomic E-state index is 0.102. The minimum Gasteiger partial charge on any atom is -0.508 e. The van der Waals surface area contributed by atoms with E-state index in [1.165, 1.54) is 28.3 Å². The molecule has 4 rings (SSSR count). The van der Waals surface area contributed by atoms with Gasteiger partial charge in [0, 0.05) is 10.4 Å². The van der Waals surface area contributed by atoms with Gasteiger partial charge in [0.2, 0.25) is 11.8 Å². The molecule has 3 aromatic rings. The van der Waals surface area contributed by atoms with Crippen molar-refractivity contribution in [2.24, 2.45) is 0 Å². The molecular weight excluding hydrogens is 396 g/mol. The lowest BCUT2D eigenvalue weighted by Gasteiger charge is -2.09. The Morgan fingerprint density at radius 3 is 2.86 bits per heavy atom. The summed E-state index contributed by atoms with van der Waals surface area (Å²) in [5.74, 6) is 0.358. The van der Waals surface area contributed by atoms with Crippen molar-refractivity contribution in [1.29, 1.82) is 5.26 Å². The number of phenolic OH excluding ortho intramolecular Hbond substituents is 1. The Hall–Kier alpha value is -2.83. The van der Waals surface area contributed by atoms with Crippen LogP contribution in [0.15, 0.2) is 33.9 Å². The number of thioether (sulfide) groups is 1. The van der Waals surface area contributed by atoms with Crippen molar-refractivity contribution in [3.8, 4) is 23.3 Å². The number of hydrogen-bond acceptors (Lipinski definition) is 8. The van der Waals surface area contributed by atoms with Crippen LogP contribution in [0.5, 0.6) is 5.75 Å². The first kappa shape index (κ1) is 18.5. The molecule has 0 bridgehead atoms. The summed E-state index contributed by atoms with van der Waals surface area (Å²) in [4.78, 5) is 13.5. The maximum Gasteiger partial charge on any atom is 0.277 e. The molecule has 142 valence electrons. The monoisotopic (exact) mass is 412 g/mol. The third-order valence-corrected chi connectivity index (χ3v) is 6.41. The van der Waals surface area contributed by atoms with Gasteiger partial charge in [0.1, 0.15) is 16.8 Å². The molecule has 1 amide bonds. The Morgan fingerprint density at radius 2 is 2.07 bits per heavy atom. The van der Waals surface area contributed by atoms with E-state index in [-0.39, 0.29) is 22.6 Å². The number of aromatic hydroxyl groups is 1. The fourth-order valence-electron chi connectivity index (χ4n) is 3.05. The topological polar surface area (TPSA) is 112 Å². The number of phenols is 1. The van der Waals surface area contributed by atoms with E-state index in [1.807, 2.05) is 0 Å². The number of thiophene rings is 1. The van der Waals surface area contributed by atoms with Gasteiger partial charge in [-0.3, -0.25) is 4.79 Å². The van der Waals surface area contributed by atoms with E-state index in [9.17, 15) is 15.2 Å². The molecule has 2 N–H and O–H groups in total. The van der Waals surface area contributed by atoms with Crippen molar-refractivity contribution in [2.75, 3.05) is 11.1 Å². The average Bonchev–Trinajstić information content (AvgIpc) is 3.31. The molecule has 0 fully saturated rings. The summed E-state index contributed by atoms with van der Waals surface area (Å²) in [7, 11) is 0. The van der Waals surface area contributed by atoms with E-state index in [0.717, 1.165) is 43.0 Å². The number of rotatable bonds is 5. The number of aromatic nitrogens is 2. The highest BCUT2D eigenvalue weighted by Crippen LogP contribution is 2.37. The molecule has 0 unspecified atom stereocenters. The fourth-order valence-corrected chi connectivity index (χ4v) is 4.87. The van der Waals surface area contributed by atoms with Crippen LogP contribution in [0.3, 0.4) is 0 Å². The molecule has 1 aliphatic rings. The Balaban J connectivity index is 1.38. The smallest absolute Gasteiger partial charge is 0.277 e. The summed E-state index contributed by atoms with van der Waals surface area (Å²) in [5, 5.41) is 30.5. The Labute approximate surface area is 169 Å². The van der Waals surface area contributed by atoms with Crippen LogP contribution >= 0.6 is 23.1 Å². The molecular formula is C19H16N4O3S2. The molecule has 1 aliphatic carbocycles. The van der Waals surface area contributed by atoms with Gasteiger partial charge in [-0.25, -0.2) is 0 Å². The number of nitrogens with one attached hydrogen (secondary N) is 1. The van der Waals surface area contributed by atoms with Gasteiger partial charge < -0.3 is 14.8 Å². The van der Waals surface area contributed by atoms with Crippen LogP contribution in [0.1, 0.15) is 28.8 Å². The fraction of sp³-hybridized carbons (Fsp3) is 0.263. The SMILES string of the molecule is N#Cc1c(NC(=O)CSc2nnc(-c3ccc(O)cc3)o2)sc2c1CCCC2. The Kier molecular flexibility index (Phi) is 5.32. The number of carbonyl (C=O) groups excluding carboxylic acids is 1. The Morgan fingerprint density at radius 1 is 1.29 bits per heavy atom. The van der Waals surface area contributed by atoms with Crippen molar-refractivity contribution >= 4 is 34.0 Å². The van der Waals surface area contributed by atoms with Gasteiger partial charge in [-0.15, -0.1) is 21.5 Å². The first-order valence-electron chi connectivity index (χ1n) is 8.74. The maximum absolute atomic E-state index is 12.3. The highest BCUT2D eigenvalue weighted by molar-refractivity contribution is 7.99. The molecule has 0 saturated carbocycles. The van der Waals surface area contributed by atoms with E-state index in [2.05, 4.69) is 21.6 Å². The molecule has 0 saturated heterocycles. The number of amides is 1. The lowest BCUT2D eigenvalue weighted by atomic mass is 9.96. The lowest BCUT2D eigenvalue weighted by Crippen LogP contribution is -2.14. The number of benzene rings is 1. The van der Waals surface area contributed by atoms with E-state index < -0.39 is 0 Å². The van der Waals surface area contributed by atoms with Gasteiger partial charge in [-0.2, -0.15) is 5.26 Å². The van der Waals surface area contributed by atoms with E-state index in [1.54, 1.807) is 12.1 Å². The number of carbonyl (C=O) groups is 1. The maximum atomic E-state index is 12.3. The highest BCUT2D eigenvalue weighted by atomic mass is 32.2. The second-order valence-electron chi connectivity index (χ2n) is 6.28. The van der Waals surface area contributed by atoms with Crippen LogP contribution in [0.4, 0.5) is 5.00 Å². The number of fused-ring (bicyclic) bond motifs is 1. The quantitative estimate of drug-likeness (QED) is 0.609. The van der Waals surface area contributed by atoms with Crippen molar-refractivity contribution in [2.45, 2.75) is 30.9 Å². The van der Waals surface area contributed by atoms with Crippen LogP contribution < -0.4 is 5.32 Å². The van der Waals surface area contributed by atoms with Crippen LogP contribution in [0.25, 0.3) is 11.5 Å². The van der Waals surface area contributed by atoms with Crippen molar-refractivity contribution in [3.05, 3.63) is 40.3 Å². The third-order valence-electron chi connectivity index (χ3n) is 4.38. The molecule has 2 aromatic heterocycles. The summed E-state index contributed by atoms with van der Waals surface area (Å²) in [5.41, 5.74) is 2.38. The first-order chi connectivity index (χ1) is 13.6. The summed E-state index contributed by atoms with van der Waals surface area (Å²) >= 11 is 2.64.